The Hall–Kier alpha value is -4.10. The Morgan fingerprint density at radius 2 is 1.79 bits per heavy atom. The van der Waals surface area contributed by atoms with Gasteiger partial charge in [0.25, 0.3) is 5.91 Å². The summed E-state index contributed by atoms with van der Waals surface area (Å²) in [5.41, 5.74) is 3.90. The second-order valence-electron chi connectivity index (χ2n) is 7.90. The van der Waals surface area contributed by atoms with Crippen molar-refractivity contribution in [3.05, 3.63) is 113 Å². The molecule has 0 saturated heterocycles. The molecule has 0 fully saturated rings. The molecule has 1 unspecified atom stereocenters. The number of aromatic nitrogens is 3. The van der Waals surface area contributed by atoms with E-state index in [1.165, 1.54) is 6.33 Å². The second-order valence-corrected chi connectivity index (χ2v) is 8.34. The van der Waals surface area contributed by atoms with Crippen LogP contribution in [0.2, 0.25) is 5.02 Å². The Balaban J connectivity index is 1.41. The Morgan fingerprint density at radius 3 is 2.53 bits per heavy atom. The van der Waals surface area contributed by atoms with Crippen molar-refractivity contribution in [1.29, 1.82) is 0 Å². The summed E-state index contributed by atoms with van der Waals surface area (Å²) in [6.45, 7) is 2.34. The maximum Gasteiger partial charge on any atom is 0.255 e. The lowest BCUT2D eigenvalue weighted by molar-refractivity contribution is -0.113. The first-order valence-electron chi connectivity index (χ1n) is 10.8. The van der Waals surface area contributed by atoms with Gasteiger partial charge in [-0.05, 0) is 54.4 Å². The molecule has 1 aliphatic rings. The van der Waals surface area contributed by atoms with E-state index in [0.29, 0.717) is 34.5 Å². The molecule has 3 aromatic carbocycles. The number of anilines is 2. The molecule has 1 amide bonds. The van der Waals surface area contributed by atoms with Crippen molar-refractivity contribution in [2.75, 3.05) is 10.6 Å². The average molecular weight is 472 g/mol. The van der Waals surface area contributed by atoms with Crippen LogP contribution in [0.25, 0.3) is 0 Å². The van der Waals surface area contributed by atoms with Crippen LogP contribution in [0.15, 0.2) is 96.5 Å². The van der Waals surface area contributed by atoms with Gasteiger partial charge in [0.15, 0.2) is 0 Å². The van der Waals surface area contributed by atoms with E-state index in [-0.39, 0.29) is 5.91 Å². The van der Waals surface area contributed by atoms with E-state index in [2.05, 4.69) is 20.7 Å². The van der Waals surface area contributed by atoms with Crippen LogP contribution >= 0.6 is 11.6 Å². The molecular formula is C26H22ClN5O2. The molecule has 34 heavy (non-hydrogen) atoms. The number of nitrogens with zero attached hydrogens (tertiary/aromatic N) is 3. The highest BCUT2D eigenvalue weighted by Crippen LogP contribution is 2.36. The molecule has 2 heterocycles. The molecule has 0 spiro atoms. The molecule has 0 aliphatic carbocycles. The maximum absolute atomic E-state index is 13.4. The van der Waals surface area contributed by atoms with Crippen molar-refractivity contribution in [2.45, 2.75) is 19.6 Å². The average Bonchev–Trinajstić information content (AvgIpc) is 3.32. The number of fused-ring (bicyclic) bond motifs is 1. The summed E-state index contributed by atoms with van der Waals surface area (Å²) in [5, 5.41) is 11.1. The van der Waals surface area contributed by atoms with Gasteiger partial charge in [-0.25, -0.2) is 4.68 Å². The molecule has 0 saturated carbocycles. The number of amides is 1. The number of nitrogens with one attached hydrogen (secondary N) is 2. The minimum atomic E-state index is -0.450. The minimum Gasteiger partial charge on any atom is -0.489 e. The van der Waals surface area contributed by atoms with E-state index in [0.717, 1.165) is 16.9 Å². The van der Waals surface area contributed by atoms with Crippen molar-refractivity contribution < 1.29 is 9.53 Å². The van der Waals surface area contributed by atoms with Gasteiger partial charge in [0, 0.05) is 16.4 Å². The van der Waals surface area contributed by atoms with Gasteiger partial charge in [0.05, 0.1) is 5.57 Å². The van der Waals surface area contributed by atoms with Crippen LogP contribution in [0.5, 0.6) is 5.75 Å². The standard InChI is InChI=1S/C26H22ClN5O2/c1-17-23(25(33)31-21-11-9-20(27)10-12-21)24(32-26(30-17)28-16-29-32)19-7-13-22(14-8-19)34-15-18-5-3-2-4-6-18/h2-14,16,24H,15H2,1H3,(H,31,33)(H,28,29,30). The molecule has 4 aromatic rings. The summed E-state index contributed by atoms with van der Waals surface area (Å²) >= 11 is 5.98. The molecule has 8 heteroatoms. The molecular weight excluding hydrogens is 450 g/mol. The van der Waals surface area contributed by atoms with E-state index in [1.807, 2.05) is 61.5 Å². The van der Waals surface area contributed by atoms with Crippen LogP contribution in [-0.2, 0) is 11.4 Å². The smallest absolute Gasteiger partial charge is 0.255 e. The van der Waals surface area contributed by atoms with Gasteiger partial charge in [0.2, 0.25) is 5.95 Å². The number of halogens is 1. The largest absolute Gasteiger partial charge is 0.489 e. The Labute approximate surface area is 202 Å². The zero-order chi connectivity index (χ0) is 23.5. The van der Waals surface area contributed by atoms with E-state index >= 15 is 0 Å². The van der Waals surface area contributed by atoms with Crippen LogP contribution in [-0.4, -0.2) is 20.7 Å². The third kappa shape index (κ3) is 4.51. The SMILES string of the molecule is CC1=C(C(=O)Nc2ccc(Cl)cc2)C(c2ccc(OCc3ccccc3)cc2)n2ncnc2N1. The van der Waals surface area contributed by atoms with Crippen LogP contribution in [0.1, 0.15) is 24.1 Å². The number of benzene rings is 3. The highest BCUT2D eigenvalue weighted by Gasteiger charge is 2.33. The number of hydrogen-bond donors (Lipinski definition) is 2. The van der Waals surface area contributed by atoms with Gasteiger partial charge in [-0.15, -0.1) is 0 Å². The first kappa shape index (κ1) is 21.7. The third-order valence-corrected chi connectivity index (χ3v) is 5.84. The third-order valence-electron chi connectivity index (χ3n) is 5.59. The molecule has 170 valence electrons. The predicted octanol–water partition coefficient (Wildman–Crippen LogP) is 5.44. The van der Waals surface area contributed by atoms with Crippen molar-refractivity contribution in [1.82, 2.24) is 14.8 Å². The topological polar surface area (TPSA) is 81.1 Å². The van der Waals surface area contributed by atoms with Gasteiger partial charge in [-0.2, -0.15) is 10.1 Å². The number of ether oxygens (including phenoxy) is 1. The first-order chi connectivity index (χ1) is 16.6. The van der Waals surface area contributed by atoms with Crippen molar-refractivity contribution in [2.24, 2.45) is 0 Å². The lowest BCUT2D eigenvalue weighted by atomic mass is 9.95. The zero-order valence-electron chi connectivity index (χ0n) is 18.4. The van der Waals surface area contributed by atoms with Gasteiger partial charge in [0.1, 0.15) is 24.7 Å². The number of carbonyl (C=O) groups excluding carboxylic acids is 1. The summed E-state index contributed by atoms with van der Waals surface area (Å²) in [7, 11) is 0. The number of hydrogen-bond acceptors (Lipinski definition) is 5. The molecule has 1 atom stereocenters. The Bertz CT molecular complexity index is 1330. The molecule has 1 aliphatic heterocycles. The van der Waals surface area contributed by atoms with Gasteiger partial charge in [-0.1, -0.05) is 54.1 Å². The monoisotopic (exact) mass is 471 g/mol. The van der Waals surface area contributed by atoms with Gasteiger partial charge in [-0.3, -0.25) is 4.79 Å². The number of rotatable bonds is 6. The van der Waals surface area contributed by atoms with Crippen LogP contribution < -0.4 is 15.4 Å². The molecule has 5 rings (SSSR count). The summed E-state index contributed by atoms with van der Waals surface area (Å²) in [4.78, 5) is 17.7. The Morgan fingerprint density at radius 1 is 1.06 bits per heavy atom. The highest BCUT2D eigenvalue weighted by molar-refractivity contribution is 6.30. The maximum atomic E-state index is 13.4. The van der Waals surface area contributed by atoms with Gasteiger partial charge >= 0.3 is 0 Å². The summed E-state index contributed by atoms with van der Waals surface area (Å²) in [5.74, 6) is 1.09. The van der Waals surface area contributed by atoms with Crippen molar-refractivity contribution >= 4 is 29.1 Å². The van der Waals surface area contributed by atoms with Crippen LogP contribution in [0.3, 0.4) is 0 Å². The van der Waals surface area contributed by atoms with E-state index < -0.39 is 6.04 Å². The summed E-state index contributed by atoms with van der Waals surface area (Å²) in [6, 6.07) is 24.3. The lowest BCUT2D eigenvalue weighted by Crippen LogP contribution is -2.31. The fourth-order valence-electron chi connectivity index (χ4n) is 3.91. The molecule has 1 aromatic heterocycles. The fourth-order valence-corrected chi connectivity index (χ4v) is 4.04. The number of allylic oxidation sites excluding steroid dienone is 1. The molecule has 0 bridgehead atoms. The molecule has 7 nitrogen and oxygen atoms in total. The molecule has 0 radical (unpaired) electrons. The number of carbonyl (C=O) groups is 1. The highest BCUT2D eigenvalue weighted by atomic mass is 35.5. The predicted molar refractivity (Wildman–Crippen MR) is 132 cm³/mol. The second kappa shape index (κ2) is 9.41. The van der Waals surface area contributed by atoms with Crippen LogP contribution in [0, 0.1) is 0 Å². The Kier molecular flexibility index (Phi) is 6.01. The fraction of sp³-hybridized carbons (Fsp3) is 0.115. The summed E-state index contributed by atoms with van der Waals surface area (Å²) in [6.07, 6.45) is 1.47. The van der Waals surface area contributed by atoms with E-state index in [1.54, 1.807) is 28.9 Å². The quantitative estimate of drug-likeness (QED) is 0.391. The van der Waals surface area contributed by atoms with Crippen molar-refractivity contribution in [3.8, 4) is 5.75 Å². The zero-order valence-corrected chi connectivity index (χ0v) is 19.2. The van der Waals surface area contributed by atoms with Crippen LogP contribution in [0.4, 0.5) is 11.6 Å². The van der Waals surface area contributed by atoms with Gasteiger partial charge < -0.3 is 15.4 Å². The lowest BCUT2D eigenvalue weighted by Gasteiger charge is -2.28. The molecule has 2 N–H and O–H groups in total. The minimum absolute atomic E-state index is 0.233. The first-order valence-corrected chi connectivity index (χ1v) is 11.2. The van der Waals surface area contributed by atoms with E-state index in [9.17, 15) is 4.79 Å². The summed E-state index contributed by atoms with van der Waals surface area (Å²) < 4.78 is 7.64. The van der Waals surface area contributed by atoms with Crippen molar-refractivity contribution in [3.63, 3.8) is 0 Å². The van der Waals surface area contributed by atoms with E-state index in [4.69, 9.17) is 16.3 Å². The normalized spacial score (nSPS) is 14.8.